The van der Waals surface area contributed by atoms with Crippen molar-refractivity contribution in [3.63, 3.8) is 0 Å². The Kier molecular flexibility index (Phi) is 6.38. The second-order valence-corrected chi connectivity index (χ2v) is 4.60. The molecule has 0 heterocycles. The molecule has 1 amide bonds. The molecular weight excluding hydrogens is 257 g/mol. The number of benzene rings is 1. The van der Waals surface area contributed by atoms with Gasteiger partial charge < -0.3 is 0 Å². The summed E-state index contributed by atoms with van der Waals surface area (Å²) in [7, 11) is 0. The number of hydrogen-bond acceptors (Lipinski definition) is 1. The standard InChI is InChI=1S/C13H17Cl2NO/c1-2-3-9-12(15)13(17)16(10-14)11-7-5-4-6-8-11/h4-8,12H,2-3,9-10H2,1H3. The van der Waals surface area contributed by atoms with Crippen LogP contribution in [-0.2, 0) is 4.79 Å². The van der Waals surface area contributed by atoms with Crippen molar-refractivity contribution in [2.75, 3.05) is 10.9 Å². The molecule has 0 spiro atoms. The Morgan fingerprint density at radius 1 is 1.35 bits per heavy atom. The quantitative estimate of drug-likeness (QED) is 0.567. The van der Waals surface area contributed by atoms with Crippen LogP contribution in [-0.4, -0.2) is 17.3 Å². The Balaban J connectivity index is 2.71. The molecule has 0 saturated carbocycles. The van der Waals surface area contributed by atoms with Gasteiger partial charge in [-0.25, -0.2) is 0 Å². The Hall–Kier alpha value is -0.730. The molecule has 4 heteroatoms. The molecule has 1 aromatic carbocycles. The Morgan fingerprint density at radius 2 is 2.00 bits per heavy atom. The van der Waals surface area contributed by atoms with Crippen molar-refractivity contribution in [2.24, 2.45) is 0 Å². The maximum Gasteiger partial charge on any atom is 0.246 e. The van der Waals surface area contributed by atoms with Crippen molar-refractivity contribution < 1.29 is 4.79 Å². The first kappa shape index (κ1) is 14.3. The van der Waals surface area contributed by atoms with Crippen molar-refractivity contribution >= 4 is 34.8 Å². The maximum absolute atomic E-state index is 12.1. The molecule has 2 nitrogen and oxygen atoms in total. The summed E-state index contributed by atoms with van der Waals surface area (Å²) in [5, 5.41) is -0.492. The van der Waals surface area contributed by atoms with Crippen molar-refractivity contribution in [2.45, 2.75) is 31.6 Å². The third-order valence-corrected chi connectivity index (χ3v) is 3.18. The minimum Gasteiger partial charge on any atom is -0.297 e. The highest BCUT2D eigenvalue weighted by Gasteiger charge is 2.22. The van der Waals surface area contributed by atoms with Crippen molar-refractivity contribution in [3.05, 3.63) is 30.3 Å². The lowest BCUT2D eigenvalue weighted by atomic mass is 10.2. The van der Waals surface area contributed by atoms with Crippen LogP contribution < -0.4 is 4.90 Å². The summed E-state index contributed by atoms with van der Waals surface area (Å²) >= 11 is 11.9. The van der Waals surface area contributed by atoms with Gasteiger partial charge >= 0.3 is 0 Å². The van der Waals surface area contributed by atoms with E-state index in [0.717, 1.165) is 18.5 Å². The molecule has 0 aliphatic carbocycles. The second-order valence-electron chi connectivity index (χ2n) is 3.83. The molecule has 94 valence electrons. The van der Waals surface area contributed by atoms with E-state index < -0.39 is 5.38 Å². The highest BCUT2D eigenvalue weighted by atomic mass is 35.5. The lowest BCUT2D eigenvalue weighted by molar-refractivity contribution is -0.118. The maximum atomic E-state index is 12.1. The largest absolute Gasteiger partial charge is 0.297 e. The van der Waals surface area contributed by atoms with Gasteiger partial charge in [0.05, 0.1) is 0 Å². The molecule has 1 aromatic rings. The van der Waals surface area contributed by atoms with Gasteiger partial charge in [-0.15, -0.1) is 23.2 Å². The highest BCUT2D eigenvalue weighted by Crippen LogP contribution is 2.19. The zero-order valence-electron chi connectivity index (χ0n) is 9.90. The van der Waals surface area contributed by atoms with Crippen molar-refractivity contribution in [1.82, 2.24) is 0 Å². The van der Waals surface area contributed by atoms with E-state index in [1.807, 2.05) is 30.3 Å². The summed E-state index contributed by atoms with van der Waals surface area (Å²) in [5.41, 5.74) is 0.787. The lowest BCUT2D eigenvalue weighted by Gasteiger charge is -2.22. The van der Waals surface area contributed by atoms with Gasteiger partial charge in [0.25, 0.3) is 0 Å². The number of alkyl halides is 2. The molecule has 0 radical (unpaired) electrons. The number of rotatable bonds is 6. The zero-order chi connectivity index (χ0) is 12.7. The van der Waals surface area contributed by atoms with E-state index >= 15 is 0 Å². The van der Waals surface area contributed by atoms with Gasteiger partial charge in [0.1, 0.15) is 11.4 Å². The fourth-order valence-corrected chi connectivity index (χ4v) is 2.07. The average Bonchev–Trinajstić information content (AvgIpc) is 2.38. The molecular formula is C13H17Cl2NO. The fourth-order valence-electron chi connectivity index (χ4n) is 1.54. The molecule has 1 atom stereocenters. The van der Waals surface area contributed by atoms with Crippen LogP contribution >= 0.6 is 23.2 Å². The number of unbranched alkanes of at least 4 members (excludes halogenated alkanes) is 1. The van der Waals surface area contributed by atoms with E-state index in [-0.39, 0.29) is 11.9 Å². The molecule has 1 rings (SSSR count). The molecule has 0 aliphatic heterocycles. The summed E-state index contributed by atoms with van der Waals surface area (Å²) in [6.07, 6.45) is 2.67. The lowest BCUT2D eigenvalue weighted by Crippen LogP contribution is -2.36. The monoisotopic (exact) mass is 273 g/mol. The number of amides is 1. The first-order chi connectivity index (χ1) is 8.20. The molecule has 0 N–H and O–H groups in total. The van der Waals surface area contributed by atoms with Gasteiger partial charge in [0.15, 0.2) is 0 Å². The highest BCUT2D eigenvalue weighted by molar-refractivity contribution is 6.34. The van der Waals surface area contributed by atoms with Crippen LogP contribution in [0.15, 0.2) is 30.3 Å². The van der Waals surface area contributed by atoms with E-state index in [1.54, 1.807) is 0 Å². The van der Waals surface area contributed by atoms with Gasteiger partial charge in [-0.05, 0) is 18.6 Å². The normalized spacial score (nSPS) is 12.2. The number of nitrogens with zero attached hydrogens (tertiary/aromatic N) is 1. The summed E-state index contributed by atoms with van der Waals surface area (Å²) < 4.78 is 0. The number of para-hydroxylation sites is 1. The van der Waals surface area contributed by atoms with Crippen LogP contribution in [0, 0.1) is 0 Å². The van der Waals surface area contributed by atoms with Gasteiger partial charge in [0, 0.05) is 5.69 Å². The van der Waals surface area contributed by atoms with Crippen molar-refractivity contribution in [3.8, 4) is 0 Å². The number of carbonyl (C=O) groups excluding carboxylic acids is 1. The molecule has 0 aliphatic rings. The Bertz CT molecular complexity index is 343. The first-order valence-corrected chi connectivity index (χ1v) is 6.74. The molecule has 0 fully saturated rings. The average molecular weight is 274 g/mol. The van der Waals surface area contributed by atoms with Crippen molar-refractivity contribution in [1.29, 1.82) is 0 Å². The smallest absolute Gasteiger partial charge is 0.246 e. The van der Waals surface area contributed by atoms with E-state index in [4.69, 9.17) is 23.2 Å². The van der Waals surface area contributed by atoms with Crippen LogP contribution in [0.2, 0.25) is 0 Å². The van der Waals surface area contributed by atoms with E-state index in [2.05, 4.69) is 6.92 Å². The van der Waals surface area contributed by atoms with Crippen LogP contribution in [0.3, 0.4) is 0 Å². The molecule has 0 saturated heterocycles. The van der Waals surface area contributed by atoms with Gasteiger partial charge in [-0.1, -0.05) is 38.0 Å². The number of halogens is 2. The van der Waals surface area contributed by atoms with Crippen LogP contribution in [0.4, 0.5) is 5.69 Å². The summed E-state index contributed by atoms with van der Waals surface area (Å²) in [6, 6.07) is 9.47. The van der Waals surface area contributed by atoms with Crippen LogP contribution in [0.1, 0.15) is 26.2 Å². The van der Waals surface area contributed by atoms with E-state index in [1.165, 1.54) is 4.90 Å². The Labute approximate surface area is 113 Å². The predicted molar refractivity (Wildman–Crippen MR) is 73.8 cm³/mol. The van der Waals surface area contributed by atoms with E-state index in [9.17, 15) is 4.79 Å². The summed E-state index contributed by atoms with van der Waals surface area (Å²) in [4.78, 5) is 13.6. The summed E-state index contributed by atoms with van der Waals surface area (Å²) in [5.74, 6) is -0.124. The minimum absolute atomic E-state index is 0.123. The molecule has 0 bridgehead atoms. The topological polar surface area (TPSA) is 20.3 Å². The Morgan fingerprint density at radius 3 is 2.53 bits per heavy atom. The van der Waals surface area contributed by atoms with Crippen LogP contribution in [0.5, 0.6) is 0 Å². The van der Waals surface area contributed by atoms with E-state index in [0.29, 0.717) is 6.42 Å². The third-order valence-electron chi connectivity index (χ3n) is 2.53. The van der Waals surface area contributed by atoms with Gasteiger partial charge in [0.2, 0.25) is 5.91 Å². The zero-order valence-corrected chi connectivity index (χ0v) is 11.4. The molecule has 17 heavy (non-hydrogen) atoms. The van der Waals surface area contributed by atoms with Crippen LogP contribution in [0.25, 0.3) is 0 Å². The molecule has 1 unspecified atom stereocenters. The van der Waals surface area contributed by atoms with Gasteiger partial charge in [-0.3, -0.25) is 9.69 Å². The first-order valence-electron chi connectivity index (χ1n) is 5.77. The number of anilines is 1. The minimum atomic E-state index is -0.492. The fraction of sp³-hybridized carbons (Fsp3) is 0.462. The SMILES string of the molecule is CCCCC(Cl)C(=O)N(CCl)c1ccccc1. The molecule has 0 aromatic heterocycles. The second kappa shape index (κ2) is 7.57. The third kappa shape index (κ3) is 4.21. The predicted octanol–water partition coefficient (Wildman–Crippen LogP) is 4.01. The van der Waals surface area contributed by atoms with Gasteiger partial charge in [-0.2, -0.15) is 0 Å². The number of carbonyl (C=O) groups is 1. The summed E-state index contributed by atoms with van der Waals surface area (Å²) in [6.45, 7) is 2.07. The number of hydrogen-bond donors (Lipinski definition) is 0.